The van der Waals surface area contributed by atoms with Gasteiger partial charge >= 0.3 is 6.01 Å². The van der Waals surface area contributed by atoms with Crippen LogP contribution in [0, 0.1) is 0 Å². The number of hydrogen-bond acceptors (Lipinski definition) is 4. The van der Waals surface area contributed by atoms with Gasteiger partial charge < -0.3 is 4.42 Å². The van der Waals surface area contributed by atoms with Gasteiger partial charge in [-0.25, -0.2) is 4.99 Å². The molecule has 0 fully saturated rings. The lowest BCUT2D eigenvalue weighted by molar-refractivity contribution is 0.580. The molecule has 23 heavy (non-hydrogen) atoms. The van der Waals surface area contributed by atoms with Crippen LogP contribution >= 0.6 is 23.2 Å². The molecule has 0 amide bonds. The Bertz CT molecular complexity index is 857. The summed E-state index contributed by atoms with van der Waals surface area (Å²) >= 11 is 12.0. The summed E-state index contributed by atoms with van der Waals surface area (Å²) in [6.07, 6.45) is 5.32. The molecule has 2 aromatic carbocycles. The average Bonchev–Trinajstić information content (AvgIpc) is 3.01. The number of nitrogens with zero attached hydrogens (tertiary/aromatic N) is 3. The van der Waals surface area contributed by atoms with Crippen LogP contribution in [0.4, 0.5) is 6.01 Å². The SMILES string of the molecule is Clc1ccc(-c2nnc(/N=C/C=C/c3ccccc3)o2)c(Cl)c1. The van der Waals surface area contributed by atoms with E-state index in [9.17, 15) is 0 Å². The number of halogens is 2. The molecule has 0 aliphatic heterocycles. The van der Waals surface area contributed by atoms with E-state index in [0.29, 0.717) is 21.5 Å². The molecule has 1 aromatic heterocycles. The molecule has 0 saturated carbocycles. The van der Waals surface area contributed by atoms with Crippen molar-refractivity contribution in [2.75, 3.05) is 0 Å². The Labute approximate surface area is 143 Å². The van der Waals surface area contributed by atoms with E-state index in [1.165, 1.54) is 0 Å². The Balaban J connectivity index is 1.72. The van der Waals surface area contributed by atoms with Crippen molar-refractivity contribution in [2.45, 2.75) is 0 Å². The van der Waals surface area contributed by atoms with Crippen molar-refractivity contribution >= 4 is 41.5 Å². The molecule has 0 saturated heterocycles. The van der Waals surface area contributed by atoms with Crippen molar-refractivity contribution in [3.05, 3.63) is 70.2 Å². The van der Waals surface area contributed by atoms with Crippen LogP contribution in [0.3, 0.4) is 0 Å². The van der Waals surface area contributed by atoms with Crippen LogP contribution in [0.15, 0.2) is 64.0 Å². The molecule has 6 heteroatoms. The first-order chi connectivity index (χ1) is 11.2. The highest BCUT2D eigenvalue weighted by atomic mass is 35.5. The summed E-state index contributed by atoms with van der Waals surface area (Å²) in [6.45, 7) is 0. The molecule has 0 N–H and O–H groups in total. The topological polar surface area (TPSA) is 51.3 Å². The minimum Gasteiger partial charge on any atom is -0.402 e. The fourth-order valence-electron chi connectivity index (χ4n) is 1.86. The minimum absolute atomic E-state index is 0.156. The van der Waals surface area contributed by atoms with Crippen molar-refractivity contribution in [1.82, 2.24) is 10.2 Å². The van der Waals surface area contributed by atoms with E-state index >= 15 is 0 Å². The smallest absolute Gasteiger partial charge is 0.342 e. The zero-order chi connectivity index (χ0) is 16.1. The van der Waals surface area contributed by atoms with Crippen molar-refractivity contribution < 1.29 is 4.42 Å². The van der Waals surface area contributed by atoms with E-state index < -0.39 is 0 Å². The molecule has 0 aliphatic rings. The van der Waals surface area contributed by atoms with Gasteiger partial charge in [-0.15, -0.1) is 5.10 Å². The Morgan fingerprint density at radius 1 is 1.00 bits per heavy atom. The lowest BCUT2D eigenvalue weighted by Gasteiger charge is -1.98. The predicted molar refractivity (Wildman–Crippen MR) is 93.4 cm³/mol. The number of allylic oxidation sites excluding steroid dienone is 1. The van der Waals surface area contributed by atoms with Gasteiger partial charge in [-0.3, -0.25) is 0 Å². The molecule has 0 aliphatic carbocycles. The highest BCUT2D eigenvalue weighted by molar-refractivity contribution is 6.36. The Hall–Kier alpha value is -2.43. The maximum Gasteiger partial charge on any atom is 0.342 e. The van der Waals surface area contributed by atoms with Crippen LogP contribution in [0.1, 0.15) is 5.56 Å². The lowest BCUT2D eigenvalue weighted by atomic mass is 10.2. The molecule has 0 spiro atoms. The summed E-state index contributed by atoms with van der Waals surface area (Å²) in [5.74, 6) is 0.297. The van der Waals surface area contributed by atoms with Crippen molar-refractivity contribution in [3.8, 4) is 11.5 Å². The van der Waals surface area contributed by atoms with Gasteiger partial charge in [0, 0.05) is 11.2 Å². The third kappa shape index (κ3) is 4.06. The van der Waals surface area contributed by atoms with Gasteiger partial charge in [-0.05, 0) is 29.8 Å². The number of benzene rings is 2. The maximum atomic E-state index is 6.11. The summed E-state index contributed by atoms with van der Waals surface area (Å²) in [5.41, 5.74) is 1.70. The van der Waals surface area contributed by atoms with E-state index in [-0.39, 0.29) is 6.01 Å². The summed E-state index contributed by atoms with van der Waals surface area (Å²) in [5, 5.41) is 8.78. The monoisotopic (exact) mass is 343 g/mol. The quantitative estimate of drug-likeness (QED) is 0.591. The second kappa shape index (κ2) is 7.22. The zero-order valence-electron chi connectivity index (χ0n) is 11.9. The molecule has 0 radical (unpaired) electrons. The highest BCUT2D eigenvalue weighted by Crippen LogP contribution is 2.30. The second-order valence-electron chi connectivity index (χ2n) is 4.56. The number of rotatable bonds is 4. The van der Waals surface area contributed by atoms with Crippen LogP contribution in [0.25, 0.3) is 17.5 Å². The molecule has 3 rings (SSSR count). The molecule has 3 aromatic rings. The fraction of sp³-hybridized carbons (Fsp3) is 0. The van der Waals surface area contributed by atoms with Gasteiger partial charge in [0.1, 0.15) is 0 Å². The van der Waals surface area contributed by atoms with Crippen LogP contribution in [0.5, 0.6) is 0 Å². The molecule has 0 atom stereocenters. The van der Waals surface area contributed by atoms with Crippen molar-refractivity contribution in [3.63, 3.8) is 0 Å². The van der Waals surface area contributed by atoms with Crippen LogP contribution in [-0.2, 0) is 0 Å². The van der Waals surface area contributed by atoms with Gasteiger partial charge in [0.2, 0.25) is 0 Å². The first kappa shape index (κ1) is 15.5. The Morgan fingerprint density at radius 2 is 1.83 bits per heavy atom. The van der Waals surface area contributed by atoms with Crippen molar-refractivity contribution in [1.29, 1.82) is 0 Å². The van der Waals surface area contributed by atoms with E-state index in [0.717, 1.165) is 5.56 Å². The normalized spacial score (nSPS) is 11.6. The lowest BCUT2D eigenvalue weighted by Crippen LogP contribution is -1.79. The Kier molecular flexibility index (Phi) is 4.86. The first-order valence-corrected chi connectivity index (χ1v) is 7.53. The zero-order valence-corrected chi connectivity index (χ0v) is 13.4. The third-order valence-electron chi connectivity index (χ3n) is 2.94. The summed E-state index contributed by atoms with van der Waals surface area (Å²) in [7, 11) is 0. The molecular weight excluding hydrogens is 333 g/mol. The Morgan fingerprint density at radius 3 is 2.61 bits per heavy atom. The number of aromatic nitrogens is 2. The van der Waals surface area contributed by atoms with Crippen LogP contribution < -0.4 is 0 Å². The molecule has 114 valence electrons. The van der Waals surface area contributed by atoms with E-state index in [1.807, 2.05) is 36.4 Å². The van der Waals surface area contributed by atoms with Gasteiger partial charge in [-0.2, -0.15) is 0 Å². The number of aliphatic imine (C=N–C) groups is 1. The van der Waals surface area contributed by atoms with Gasteiger partial charge in [0.15, 0.2) is 0 Å². The molecule has 0 bridgehead atoms. The summed E-state index contributed by atoms with van der Waals surface area (Å²) in [6, 6.07) is 15.1. The van der Waals surface area contributed by atoms with Crippen LogP contribution in [-0.4, -0.2) is 16.4 Å². The van der Waals surface area contributed by atoms with Crippen LogP contribution in [0.2, 0.25) is 10.0 Å². The number of hydrogen-bond donors (Lipinski definition) is 0. The van der Waals surface area contributed by atoms with Gasteiger partial charge in [0.05, 0.1) is 10.6 Å². The standard InChI is InChI=1S/C17H11Cl2N3O/c18-13-8-9-14(15(19)11-13)16-21-22-17(23-16)20-10-4-7-12-5-2-1-3-6-12/h1-11H/b7-4+,20-10+. The van der Waals surface area contributed by atoms with Gasteiger partial charge in [0.25, 0.3) is 5.89 Å². The van der Waals surface area contributed by atoms with Crippen molar-refractivity contribution in [2.24, 2.45) is 4.99 Å². The fourth-order valence-corrected chi connectivity index (χ4v) is 2.35. The summed E-state index contributed by atoms with van der Waals surface area (Å²) in [4.78, 5) is 4.09. The van der Waals surface area contributed by atoms with E-state index in [2.05, 4.69) is 15.2 Å². The minimum atomic E-state index is 0.156. The second-order valence-corrected chi connectivity index (χ2v) is 5.41. The molecule has 1 heterocycles. The van der Waals surface area contributed by atoms with E-state index in [1.54, 1.807) is 30.5 Å². The third-order valence-corrected chi connectivity index (χ3v) is 3.48. The van der Waals surface area contributed by atoms with E-state index in [4.69, 9.17) is 27.6 Å². The average molecular weight is 344 g/mol. The molecule has 0 unspecified atom stereocenters. The summed E-state index contributed by atoms with van der Waals surface area (Å²) < 4.78 is 5.46. The maximum absolute atomic E-state index is 6.11. The molecule has 4 nitrogen and oxygen atoms in total. The van der Waals surface area contributed by atoms with Gasteiger partial charge in [-0.1, -0.05) is 64.7 Å². The first-order valence-electron chi connectivity index (χ1n) is 6.77. The molecular formula is C17H11Cl2N3O. The highest BCUT2D eigenvalue weighted by Gasteiger charge is 2.11. The predicted octanol–water partition coefficient (Wildman–Crippen LogP) is 5.46. The largest absolute Gasteiger partial charge is 0.402 e.